The monoisotopic (exact) mass is 150 g/mol. The topological polar surface area (TPSA) is 63.8 Å². The lowest BCUT2D eigenvalue weighted by atomic mass is 10.6. The maximum Gasteiger partial charge on any atom is 0.226 e. The molecule has 0 aromatic carbocycles. The number of nitrogens with one attached hydrogen (secondary N) is 1. The predicted molar refractivity (Wildman–Crippen MR) is 43.8 cm³/mol. The lowest BCUT2D eigenvalue weighted by Crippen LogP contribution is -1.97. The van der Waals surface area contributed by atoms with E-state index in [2.05, 4.69) is 15.3 Å². The van der Waals surface area contributed by atoms with Crippen LogP contribution in [0.2, 0.25) is 0 Å². The second kappa shape index (κ2) is 4.40. The SMILES string of the molecule is NCC=CNc1ncccn1. The van der Waals surface area contributed by atoms with E-state index in [1.807, 2.05) is 0 Å². The molecule has 0 aliphatic carbocycles. The van der Waals surface area contributed by atoms with E-state index < -0.39 is 0 Å². The normalized spacial score (nSPS) is 10.3. The highest BCUT2D eigenvalue weighted by atomic mass is 15.1. The summed E-state index contributed by atoms with van der Waals surface area (Å²) in [7, 11) is 0. The minimum Gasteiger partial charge on any atom is -0.331 e. The van der Waals surface area contributed by atoms with Crippen LogP contribution in [0.25, 0.3) is 0 Å². The molecule has 1 heterocycles. The van der Waals surface area contributed by atoms with Crippen molar-refractivity contribution in [2.24, 2.45) is 5.73 Å². The summed E-state index contributed by atoms with van der Waals surface area (Å²) in [6.07, 6.45) is 6.85. The van der Waals surface area contributed by atoms with Gasteiger partial charge in [0.1, 0.15) is 0 Å². The van der Waals surface area contributed by atoms with Crippen molar-refractivity contribution < 1.29 is 0 Å². The van der Waals surface area contributed by atoms with Crippen LogP contribution < -0.4 is 11.1 Å². The van der Waals surface area contributed by atoms with E-state index in [0.29, 0.717) is 12.5 Å². The van der Waals surface area contributed by atoms with Crippen molar-refractivity contribution in [3.63, 3.8) is 0 Å². The summed E-state index contributed by atoms with van der Waals surface area (Å²) in [5.74, 6) is 0.581. The van der Waals surface area contributed by atoms with Gasteiger partial charge in [-0.1, -0.05) is 6.08 Å². The Hall–Kier alpha value is -1.42. The highest BCUT2D eigenvalue weighted by Gasteiger charge is 1.84. The molecule has 0 aliphatic rings. The lowest BCUT2D eigenvalue weighted by Gasteiger charge is -1.94. The van der Waals surface area contributed by atoms with E-state index in [1.54, 1.807) is 30.7 Å². The van der Waals surface area contributed by atoms with Gasteiger partial charge in [0.25, 0.3) is 0 Å². The minimum absolute atomic E-state index is 0.514. The number of nitrogens with two attached hydrogens (primary N) is 1. The van der Waals surface area contributed by atoms with Gasteiger partial charge < -0.3 is 11.1 Å². The van der Waals surface area contributed by atoms with Crippen molar-refractivity contribution in [1.82, 2.24) is 9.97 Å². The first-order chi connectivity index (χ1) is 5.43. The largest absolute Gasteiger partial charge is 0.331 e. The first-order valence-corrected chi connectivity index (χ1v) is 3.32. The lowest BCUT2D eigenvalue weighted by molar-refractivity contribution is 1.16. The van der Waals surface area contributed by atoms with Crippen molar-refractivity contribution in [2.75, 3.05) is 11.9 Å². The van der Waals surface area contributed by atoms with E-state index in [-0.39, 0.29) is 0 Å². The molecule has 1 rings (SSSR count). The van der Waals surface area contributed by atoms with Gasteiger partial charge >= 0.3 is 0 Å². The van der Waals surface area contributed by atoms with Crippen molar-refractivity contribution in [3.8, 4) is 0 Å². The summed E-state index contributed by atoms with van der Waals surface area (Å²) >= 11 is 0. The van der Waals surface area contributed by atoms with E-state index in [9.17, 15) is 0 Å². The van der Waals surface area contributed by atoms with E-state index in [4.69, 9.17) is 5.73 Å². The molecule has 0 saturated carbocycles. The Labute approximate surface area is 65.2 Å². The number of aromatic nitrogens is 2. The van der Waals surface area contributed by atoms with Gasteiger partial charge in [0.05, 0.1) is 0 Å². The zero-order valence-electron chi connectivity index (χ0n) is 6.07. The zero-order valence-corrected chi connectivity index (χ0v) is 6.07. The molecular weight excluding hydrogens is 140 g/mol. The summed E-state index contributed by atoms with van der Waals surface area (Å²) < 4.78 is 0. The van der Waals surface area contributed by atoms with Crippen molar-refractivity contribution >= 4 is 5.95 Å². The van der Waals surface area contributed by atoms with Crippen LogP contribution in [-0.4, -0.2) is 16.5 Å². The highest BCUT2D eigenvalue weighted by Crippen LogP contribution is 1.92. The van der Waals surface area contributed by atoms with E-state index in [0.717, 1.165) is 0 Å². The molecule has 3 N–H and O–H groups in total. The van der Waals surface area contributed by atoms with Gasteiger partial charge in [0.2, 0.25) is 5.95 Å². The van der Waals surface area contributed by atoms with Gasteiger partial charge in [-0.3, -0.25) is 0 Å². The van der Waals surface area contributed by atoms with Gasteiger partial charge in [-0.15, -0.1) is 0 Å². The van der Waals surface area contributed by atoms with Crippen LogP contribution in [0.15, 0.2) is 30.7 Å². The first-order valence-electron chi connectivity index (χ1n) is 3.32. The standard InChI is InChI=1S/C7H10N4/c8-3-1-4-9-7-10-5-2-6-11-7/h1-2,4-6H,3,8H2,(H,9,10,11). The number of hydrogen-bond acceptors (Lipinski definition) is 4. The summed E-state index contributed by atoms with van der Waals surface area (Å²) in [5.41, 5.74) is 5.23. The summed E-state index contributed by atoms with van der Waals surface area (Å²) in [5, 5.41) is 2.86. The van der Waals surface area contributed by atoms with Gasteiger partial charge in [-0.25, -0.2) is 9.97 Å². The molecule has 11 heavy (non-hydrogen) atoms. The van der Waals surface area contributed by atoms with Crippen molar-refractivity contribution in [2.45, 2.75) is 0 Å². The Morgan fingerprint density at radius 2 is 2.18 bits per heavy atom. The Bertz CT molecular complexity index is 219. The van der Waals surface area contributed by atoms with Crippen LogP contribution in [-0.2, 0) is 0 Å². The third-order valence-electron chi connectivity index (χ3n) is 1.03. The molecule has 0 amide bonds. The van der Waals surface area contributed by atoms with Crippen molar-refractivity contribution in [3.05, 3.63) is 30.7 Å². The zero-order chi connectivity index (χ0) is 7.94. The van der Waals surface area contributed by atoms with Crippen LogP contribution in [0, 0.1) is 0 Å². The minimum atomic E-state index is 0.514. The molecule has 0 radical (unpaired) electrons. The molecular formula is C7H10N4. The molecule has 1 aromatic rings. The average Bonchev–Trinajstić information content (AvgIpc) is 2.07. The molecule has 1 aromatic heterocycles. The quantitative estimate of drug-likeness (QED) is 0.653. The second-order valence-corrected chi connectivity index (χ2v) is 1.85. The molecule has 0 fully saturated rings. The van der Waals surface area contributed by atoms with Gasteiger partial charge in [-0.2, -0.15) is 0 Å². The molecule has 0 spiro atoms. The van der Waals surface area contributed by atoms with E-state index >= 15 is 0 Å². The smallest absolute Gasteiger partial charge is 0.226 e. The van der Waals surface area contributed by atoms with Crippen LogP contribution in [0.5, 0.6) is 0 Å². The maximum atomic E-state index is 5.23. The Morgan fingerprint density at radius 3 is 2.82 bits per heavy atom. The summed E-state index contributed by atoms with van der Waals surface area (Å²) in [6.45, 7) is 0.514. The summed E-state index contributed by atoms with van der Waals surface area (Å²) in [6, 6.07) is 1.76. The highest BCUT2D eigenvalue weighted by molar-refractivity contribution is 5.26. The number of rotatable bonds is 3. The predicted octanol–water partition coefficient (Wildman–Crippen LogP) is 0.361. The average molecular weight is 150 g/mol. The van der Waals surface area contributed by atoms with Crippen molar-refractivity contribution in [1.29, 1.82) is 0 Å². The number of anilines is 1. The molecule has 4 nitrogen and oxygen atoms in total. The van der Waals surface area contributed by atoms with E-state index in [1.165, 1.54) is 0 Å². The molecule has 58 valence electrons. The molecule has 0 bridgehead atoms. The fourth-order valence-corrected chi connectivity index (χ4v) is 0.575. The number of hydrogen-bond donors (Lipinski definition) is 2. The Kier molecular flexibility index (Phi) is 3.08. The molecule has 0 aliphatic heterocycles. The van der Waals surface area contributed by atoms with Crippen LogP contribution in [0.4, 0.5) is 5.95 Å². The second-order valence-electron chi connectivity index (χ2n) is 1.85. The molecule has 0 unspecified atom stereocenters. The van der Waals surface area contributed by atoms with Crippen LogP contribution in [0.3, 0.4) is 0 Å². The number of nitrogens with zero attached hydrogens (tertiary/aromatic N) is 2. The maximum absolute atomic E-state index is 5.23. The third-order valence-corrected chi connectivity index (χ3v) is 1.03. The Morgan fingerprint density at radius 1 is 1.45 bits per heavy atom. The van der Waals surface area contributed by atoms with Crippen LogP contribution in [0.1, 0.15) is 0 Å². The van der Waals surface area contributed by atoms with Gasteiger partial charge in [-0.05, 0) is 6.07 Å². The van der Waals surface area contributed by atoms with Gasteiger partial charge in [0, 0.05) is 25.1 Å². The summed E-state index contributed by atoms with van der Waals surface area (Å²) in [4.78, 5) is 7.87. The molecule has 0 atom stereocenters. The van der Waals surface area contributed by atoms with Gasteiger partial charge in [0.15, 0.2) is 0 Å². The van der Waals surface area contributed by atoms with Crippen LogP contribution >= 0.6 is 0 Å². The third kappa shape index (κ3) is 2.77. The Balaban J connectivity index is 2.45. The molecule has 4 heteroatoms. The fourth-order valence-electron chi connectivity index (χ4n) is 0.575. The first kappa shape index (κ1) is 7.68. The molecule has 0 saturated heterocycles. The fraction of sp³-hybridized carbons (Fsp3) is 0.143.